The second kappa shape index (κ2) is 12.6. The van der Waals surface area contributed by atoms with E-state index in [9.17, 15) is 50.8 Å². The van der Waals surface area contributed by atoms with Gasteiger partial charge in [-0.2, -0.15) is 0 Å². The fourth-order valence-corrected chi connectivity index (χ4v) is 4.68. The summed E-state index contributed by atoms with van der Waals surface area (Å²) in [6.45, 7) is 1.48. The van der Waals surface area contributed by atoms with E-state index in [0.29, 0.717) is 0 Å². The molecule has 37 heavy (non-hydrogen) atoms. The molecule has 13 unspecified atom stereocenters. The summed E-state index contributed by atoms with van der Waals surface area (Å²) in [5.74, 6) is -4.17. The van der Waals surface area contributed by atoms with Crippen molar-refractivity contribution in [1.82, 2.24) is 0 Å². The highest BCUT2D eigenvalue weighted by Crippen LogP contribution is 2.34. The Kier molecular flexibility index (Phi) is 10.2. The van der Waals surface area contributed by atoms with Crippen molar-refractivity contribution in [3.8, 4) is 0 Å². The lowest BCUT2D eigenvalue weighted by atomic mass is 9.83. The van der Waals surface area contributed by atoms with Gasteiger partial charge in [0.1, 0.15) is 36.6 Å². The Balaban J connectivity index is 1.73. The number of rotatable bonds is 9. The van der Waals surface area contributed by atoms with Crippen molar-refractivity contribution in [2.45, 2.75) is 88.0 Å². The Bertz CT molecular complexity index is 807. The molecule has 0 aromatic carbocycles. The van der Waals surface area contributed by atoms with Gasteiger partial charge in [-0.15, -0.1) is 0 Å². The largest absolute Gasteiger partial charge is 0.475 e. The van der Waals surface area contributed by atoms with E-state index >= 15 is 0 Å². The number of ether oxygens (including phenoxy) is 5. The van der Waals surface area contributed by atoms with E-state index in [1.165, 1.54) is 6.92 Å². The Morgan fingerprint density at radius 2 is 1.46 bits per heavy atom. The third-order valence-corrected chi connectivity index (χ3v) is 7.00. The highest BCUT2D eigenvalue weighted by molar-refractivity contribution is 5.85. The van der Waals surface area contributed by atoms with Gasteiger partial charge in [-0.1, -0.05) is 6.92 Å². The summed E-state index contributed by atoms with van der Waals surface area (Å²) < 4.78 is 26.9. The molecule has 3 rings (SSSR count). The van der Waals surface area contributed by atoms with Gasteiger partial charge in [-0.25, -0.2) is 4.79 Å². The van der Waals surface area contributed by atoms with Gasteiger partial charge < -0.3 is 69.6 Å². The molecule has 0 amide bonds. The molecule has 3 heterocycles. The molecule has 3 aliphatic rings. The van der Waals surface area contributed by atoms with Crippen LogP contribution in [0.3, 0.4) is 0 Å². The summed E-state index contributed by atoms with van der Waals surface area (Å²) in [5, 5.41) is 91.0. The molecule has 0 saturated carbocycles. The minimum Gasteiger partial charge on any atom is -0.475 e. The minimum absolute atomic E-state index is 0.0269. The van der Waals surface area contributed by atoms with Gasteiger partial charge in [0, 0.05) is 17.4 Å². The van der Waals surface area contributed by atoms with Crippen molar-refractivity contribution in [2.75, 3.05) is 19.8 Å². The Hall–Kier alpha value is -1.47. The average molecular weight is 541 g/mol. The van der Waals surface area contributed by atoms with Gasteiger partial charge in [-0.05, 0) is 13.3 Å². The van der Waals surface area contributed by atoms with E-state index < -0.39 is 111 Å². The van der Waals surface area contributed by atoms with E-state index in [-0.39, 0.29) is 12.0 Å². The quantitative estimate of drug-likeness (QED) is 0.135. The monoisotopic (exact) mass is 540 g/mol. The van der Waals surface area contributed by atoms with Crippen molar-refractivity contribution in [3.05, 3.63) is 11.3 Å². The van der Waals surface area contributed by atoms with Crippen molar-refractivity contribution >= 4 is 5.97 Å². The zero-order valence-electron chi connectivity index (χ0n) is 20.3. The molecule has 9 N–H and O–H groups in total. The molecule has 214 valence electrons. The van der Waals surface area contributed by atoms with Gasteiger partial charge in [0.05, 0.1) is 32.0 Å². The van der Waals surface area contributed by atoms with Crippen LogP contribution < -0.4 is 0 Å². The second-order valence-electron chi connectivity index (χ2n) is 9.35. The van der Waals surface area contributed by atoms with Crippen LogP contribution in [0.1, 0.15) is 20.3 Å². The third-order valence-electron chi connectivity index (χ3n) is 7.00. The van der Waals surface area contributed by atoms with Crippen LogP contribution in [0.15, 0.2) is 11.3 Å². The Labute approximate surface area is 212 Å². The molecule has 15 heteroatoms. The summed E-state index contributed by atoms with van der Waals surface area (Å²) >= 11 is 0. The summed E-state index contributed by atoms with van der Waals surface area (Å²) in [6, 6.07) is 0. The third kappa shape index (κ3) is 6.24. The highest BCUT2D eigenvalue weighted by atomic mass is 16.7. The maximum Gasteiger partial charge on any atom is 0.371 e. The molecular weight excluding hydrogens is 504 g/mol. The highest BCUT2D eigenvalue weighted by Gasteiger charge is 2.48. The number of aliphatic hydroxyl groups is 8. The molecule has 2 saturated heterocycles. The molecule has 0 radical (unpaired) electrons. The van der Waals surface area contributed by atoms with Crippen LogP contribution in [0.2, 0.25) is 0 Å². The maximum absolute atomic E-state index is 11.5. The number of hydrogen-bond acceptors (Lipinski definition) is 14. The van der Waals surface area contributed by atoms with Crippen LogP contribution in [0.4, 0.5) is 0 Å². The van der Waals surface area contributed by atoms with Crippen LogP contribution in [0, 0.1) is 11.8 Å². The molecule has 0 aromatic rings. The first kappa shape index (κ1) is 30.1. The Morgan fingerprint density at radius 1 is 0.838 bits per heavy atom. The van der Waals surface area contributed by atoms with Gasteiger partial charge in [0.15, 0.2) is 12.6 Å². The fourth-order valence-electron chi connectivity index (χ4n) is 4.68. The van der Waals surface area contributed by atoms with Gasteiger partial charge in [0.2, 0.25) is 12.0 Å². The van der Waals surface area contributed by atoms with E-state index in [2.05, 4.69) is 0 Å². The van der Waals surface area contributed by atoms with Crippen LogP contribution in [0.25, 0.3) is 0 Å². The van der Waals surface area contributed by atoms with Gasteiger partial charge in [0.25, 0.3) is 0 Å². The molecule has 0 aliphatic carbocycles. The van der Waals surface area contributed by atoms with E-state index in [4.69, 9.17) is 23.7 Å². The fraction of sp³-hybridized carbons (Fsp3) is 0.864. The summed E-state index contributed by atoms with van der Waals surface area (Å²) in [7, 11) is 0. The zero-order valence-corrected chi connectivity index (χ0v) is 20.3. The Morgan fingerprint density at radius 3 is 2.05 bits per heavy atom. The number of carboxylic acids is 1. The minimum atomic E-state index is -1.66. The molecular formula is C22H36O15. The summed E-state index contributed by atoms with van der Waals surface area (Å²) in [4.78, 5) is 11.5. The van der Waals surface area contributed by atoms with Crippen molar-refractivity contribution in [2.24, 2.45) is 11.8 Å². The summed E-state index contributed by atoms with van der Waals surface area (Å²) in [6.07, 6.45) is -15.9. The molecule has 0 spiro atoms. The molecule has 13 atom stereocenters. The second-order valence-corrected chi connectivity index (χ2v) is 9.35. The number of carbonyl (C=O) groups is 1. The molecule has 15 nitrogen and oxygen atoms in total. The average Bonchev–Trinajstić information content (AvgIpc) is 2.86. The smallest absolute Gasteiger partial charge is 0.371 e. The first-order valence-electron chi connectivity index (χ1n) is 12.0. The number of hydrogen-bond donors (Lipinski definition) is 9. The predicted molar refractivity (Wildman–Crippen MR) is 117 cm³/mol. The van der Waals surface area contributed by atoms with Crippen LogP contribution in [0.5, 0.6) is 0 Å². The predicted octanol–water partition coefficient (Wildman–Crippen LogP) is -4.02. The lowest BCUT2D eigenvalue weighted by Gasteiger charge is -2.44. The van der Waals surface area contributed by atoms with Crippen LogP contribution in [-0.4, -0.2) is 139 Å². The number of aliphatic carboxylic acids is 1. The lowest BCUT2D eigenvalue weighted by Crippen LogP contribution is -2.59. The van der Waals surface area contributed by atoms with Gasteiger partial charge in [-0.3, -0.25) is 0 Å². The zero-order chi connectivity index (χ0) is 27.6. The van der Waals surface area contributed by atoms with Crippen molar-refractivity contribution in [1.29, 1.82) is 0 Å². The maximum atomic E-state index is 11.5. The number of carboxylic acid groups (broad SMARTS) is 1. The van der Waals surface area contributed by atoms with Crippen molar-refractivity contribution in [3.63, 3.8) is 0 Å². The van der Waals surface area contributed by atoms with Crippen LogP contribution in [-0.2, 0) is 28.5 Å². The normalized spacial score (nSPS) is 45.0. The summed E-state index contributed by atoms with van der Waals surface area (Å²) in [5.41, 5.74) is -0.0269. The molecule has 2 fully saturated rings. The van der Waals surface area contributed by atoms with E-state index in [1.54, 1.807) is 6.92 Å². The topological polar surface area (TPSA) is 245 Å². The SMILES string of the molecule is CCC1=C(C(=O)O)OC(OCC2C(O)OC(CO)C(O)C2COC2OC(C)C(O)C(O)C2O)C(O)C1O. The molecule has 3 aliphatic heterocycles. The number of aliphatic hydroxyl groups excluding tert-OH is 8. The molecule has 0 aromatic heterocycles. The first-order chi connectivity index (χ1) is 17.4. The van der Waals surface area contributed by atoms with Crippen molar-refractivity contribution < 1.29 is 74.4 Å². The first-order valence-corrected chi connectivity index (χ1v) is 12.0. The van der Waals surface area contributed by atoms with Crippen LogP contribution >= 0.6 is 0 Å². The standard InChI is InChI=1S/C22H36O15/c1-3-8-14(26)16(28)22(37-18(8)19(30)31)34-6-10-9(13(25)11(4-23)36-20(10)32)5-33-21-17(29)15(27)12(24)7(2)35-21/h7,9-17,20-29,32H,3-6H2,1-2H3,(H,30,31). The van der Waals surface area contributed by atoms with Gasteiger partial charge >= 0.3 is 5.97 Å². The molecule has 0 bridgehead atoms. The lowest BCUT2D eigenvalue weighted by molar-refractivity contribution is -0.315. The van der Waals surface area contributed by atoms with E-state index in [1.807, 2.05) is 0 Å². The van der Waals surface area contributed by atoms with E-state index in [0.717, 1.165) is 0 Å².